The molecule has 0 amide bonds. The molecule has 14 heavy (non-hydrogen) atoms. The van der Waals surface area contributed by atoms with E-state index in [1.807, 2.05) is 0 Å². The topological polar surface area (TPSA) is 37.3 Å². The van der Waals surface area contributed by atoms with Crippen LogP contribution in [-0.2, 0) is 4.79 Å². The largest absolute Gasteiger partial charge is 0.481 e. The molecular formula is C8H7BrF2O2S. The minimum absolute atomic E-state index is 0.391. The molecule has 0 fully saturated rings. The number of rotatable bonds is 4. The van der Waals surface area contributed by atoms with Crippen molar-refractivity contribution in [2.75, 3.05) is 0 Å². The van der Waals surface area contributed by atoms with Crippen molar-refractivity contribution in [2.24, 2.45) is 0 Å². The SMILES string of the molecule is O=C(O)CC(c1sccc1Br)C(F)F. The van der Waals surface area contributed by atoms with Crippen LogP contribution in [0.1, 0.15) is 17.2 Å². The second-order valence-electron chi connectivity index (χ2n) is 2.67. The van der Waals surface area contributed by atoms with Gasteiger partial charge in [-0.1, -0.05) is 0 Å². The normalized spacial score (nSPS) is 13.1. The fraction of sp³-hybridized carbons (Fsp3) is 0.375. The van der Waals surface area contributed by atoms with Crippen molar-refractivity contribution in [3.8, 4) is 0 Å². The zero-order valence-corrected chi connectivity index (χ0v) is 9.32. The van der Waals surface area contributed by atoms with Crippen LogP contribution in [0.15, 0.2) is 15.9 Å². The van der Waals surface area contributed by atoms with Gasteiger partial charge < -0.3 is 5.11 Å². The minimum Gasteiger partial charge on any atom is -0.481 e. The molecule has 0 aliphatic rings. The number of hydrogen-bond acceptors (Lipinski definition) is 2. The molecule has 0 aliphatic heterocycles. The fourth-order valence-corrected chi connectivity index (χ4v) is 2.83. The van der Waals surface area contributed by atoms with E-state index in [0.29, 0.717) is 9.35 Å². The number of halogens is 3. The minimum atomic E-state index is -2.65. The third kappa shape index (κ3) is 2.75. The fourth-order valence-electron chi connectivity index (χ4n) is 1.05. The summed E-state index contributed by atoms with van der Waals surface area (Å²) in [7, 11) is 0. The van der Waals surface area contributed by atoms with Crippen LogP contribution in [0.5, 0.6) is 0 Å². The van der Waals surface area contributed by atoms with E-state index in [9.17, 15) is 13.6 Å². The average Bonchev–Trinajstić information content (AvgIpc) is 2.46. The summed E-state index contributed by atoms with van der Waals surface area (Å²) in [5, 5.41) is 10.1. The van der Waals surface area contributed by atoms with Crippen LogP contribution in [0.4, 0.5) is 8.78 Å². The van der Waals surface area contributed by atoms with E-state index >= 15 is 0 Å². The second kappa shape index (κ2) is 4.84. The summed E-state index contributed by atoms with van der Waals surface area (Å²) in [4.78, 5) is 10.8. The van der Waals surface area contributed by atoms with Crippen LogP contribution in [-0.4, -0.2) is 17.5 Å². The van der Waals surface area contributed by atoms with Gasteiger partial charge in [0.1, 0.15) is 0 Å². The van der Waals surface area contributed by atoms with Crippen LogP contribution in [0.25, 0.3) is 0 Å². The maximum Gasteiger partial charge on any atom is 0.304 e. The van der Waals surface area contributed by atoms with E-state index in [4.69, 9.17) is 5.11 Å². The molecular weight excluding hydrogens is 278 g/mol. The Bertz CT molecular complexity index is 327. The molecule has 1 unspecified atom stereocenters. The highest BCUT2D eigenvalue weighted by atomic mass is 79.9. The van der Waals surface area contributed by atoms with Crippen molar-refractivity contribution in [3.05, 3.63) is 20.8 Å². The lowest BCUT2D eigenvalue weighted by Gasteiger charge is -2.12. The number of carbonyl (C=O) groups is 1. The Labute approximate surface area is 91.7 Å². The van der Waals surface area contributed by atoms with Gasteiger partial charge in [-0.2, -0.15) is 0 Å². The molecule has 0 aliphatic carbocycles. The molecule has 1 aromatic heterocycles. The number of aliphatic carboxylic acids is 1. The maximum atomic E-state index is 12.5. The van der Waals surface area contributed by atoms with E-state index in [-0.39, 0.29) is 0 Å². The molecule has 1 rings (SSSR count). The van der Waals surface area contributed by atoms with Gasteiger partial charge in [-0.25, -0.2) is 8.78 Å². The number of hydrogen-bond donors (Lipinski definition) is 1. The molecule has 1 aromatic rings. The summed E-state index contributed by atoms with van der Waals surface area (Å²) in [6, 6.07) is 1.64. The standard InChI is InChI=1S/C8H7BrF2O2S/c9-5-1-2-14-7(5)4(8(10)11)3-6(12)13/h1-2,4,8H,3H2,(H,12,13). The van der Waals surface area contributed by atoms with Crippen molar-refractivity contribution in [1.82, 2.24) is 0 Å². The van der Waals surface area contributed by atoms with Gasteiger partial charge in [-0.15, -0.1) is 11.3 Å². The van der Waals surface area contributed by atoms with E-state index in [2.05, 4.69) is 15.9 Å². The van der Waals surface area contributed by atoms with Crippen LogP contribution in [0.2, 0.25) is 0 Å². The number of carboxylic acid groups (broad SMARTS) is 1. The van der Waals surface area contributed by atoms with E-state index in [1.54, 1.807) is 11.4 Å². The summed E-state index contributed by atoms with van der Waals surface area (Å²) in [6.45, 7) is 0. The predicted molar refractivity (Wildman–Crippen MR) is 53.0 cm³/mol. The highest BCUT2D eigenvalue weighted by Gasteiger charge is 2.27. The molecule has 0 radical (unpaired) electrons. The number of thiophene rings is 1. The van der Waals surface area contributed by atoms with Gasteiger partial charge >= 0.3 is 5.97 Å². The zero-order valence-electron chi connectivity index (χ0n) is 6.91. The first-order chi connectivity index (χ1) is 6.52. The summed E-state index contributed by atoms with van der Waals surface area (Å²) in [5.41, 5.74) is 0. The molecule has 0 aromatic carbocycles. The van der Waals surface area contributed by atoms with E-state index in [0.717, 1.165) is 11.3 Å². The van der Waals surface area contributed by atoms with Gasteiger partial charge in [0.25, 0.3) is 0 Å². The first-order valence-corrected chi connectivity index (χ1v) is 5.42. The molecule has 0 bridgehead atoms. The van der Waals surface area contributed by atoms with Crippen LogP contribution in [0.3, 0.4) is 0 Å². The Morgan fingerprint density at radius 3 is 2.64 bits per heavy atom. The lowest BCUT2D eigenvalue weighted by molar-refractivity contribution is -0.138. The Balaban J connectivity index is 2.88. The van der Waals surface area contributed by atoms with Crippen molar-refractivity contribution >= 4 is 33.2 Å². The van der Waals surface area contributed by atoms with E-state index in [1.165, 1.54) is 0 Å². The Morgan fingerprint density at radius 2 is 2.29 bits per heavy atom. The van der Waals surface area contributed by atoms with Gasteiger partial charge in [0.2, 0.25) is 6.43 Å². The highest BCUT2D eigenvalue weighted by molar-refractivity contribution is 9.10. The highest BCUT2D eigenvalue weighted by Crippen LogP contribution is 2.36. The molecule has 0 saturated carbocycles. The molecule has 6 heteroatoms. The van der Waals surface area contributed by atoms with Crippen molar-refractivity contribution in [1.29, 1.82) is 0 Å². The quantitative estimate of drug-likeness (QED) is 0.921. The monoisotopic (exact) mass is 284 g/mol. The van der Waals surface area contributed by atoms with Crippen LogP contribution < -0.4 is 0 Å². The van der Waals surface area contributed by atoms with Crippen molar-refractivity contribution < 1.29 is 18.7 Å². The van der Waals surface area contributed by atoms with Gasteiger partial charge in [0.05, 0.1) is 12.3 Å². The van der Waals surface area contributed by atoms with Crippen LogP contribution >= 0.6 is 27.3 Å². The molecule has 1 N–H and O–H groups in total. The molecule has 1 atom stereocenters. The Kier molecular flexibility index (Phi) is 4.00. The van der Waals surface area contributed by atoms with Gasteiger partial charge in [0.15, 0.2) is 0 Å². The molecule has 78 valence electrons. The third-order valence-electron chi connectivity index (χ3n) is 1.68. The predicted octanol–water partition coefficient (Wildman–Crippen LogP) is 3.33. The lowest BCUT2D eigenvalue weighted by Crippen LogP contribution is -2.13. The smallest absolute Gasteiger partial charge is 0.304 e. The second-order valence-corrected chi connectivity index (χ2v) is 4.47. The van der Waals surface area contributed by atoms with Crippen molar-refractivity contribution in [2.45, 2.75) is 18.8 Å². The Morgan fingerprint density at radius 1 is 1.64 bits per heavy atom. The molecule has 1 heterocycles. The van der Waals surface area contributed by atoms with Gasteiger partial charge in [-0.3, -0.25) is 4.79 Å². The summed E-state index contributed by atoms with van der Waals surface area (Å²) in [5.74, 6) is -2.43. The summed E-state index contributed by atoms with van der Waals surface area (Å²) in [6.07, 6.45) is -3.20. The summed E-state index contributed by atoms with van der Waals surface area (Å²) >= 11 is 4.25. The molecule has 2 nitrogen and oxygen atoms in total. The number of carboxylic acids is 1. The zero-order chi connectivity index (χ0) is 10.7. The number of alkyl halides is 2. The van der Waals surface area contributed by atoms with Crippen LogP contribution in [0, 0.1) is 0 Å². The van der Waals surface area contributed by atoms with E-state index < -0.39 is 24.7 Å². The molecule has 0 spiro atoms. The first kappa shape index (κ1) is 11.6. The average molecular weight is 285 g/mol. The van der Waals surface area contributed by atoms with Gasteiger partial charge in [-0.05, 0) is 27.4 Å². The Hall–Kier alpha value is -0.490. The molecule has 0 saturated heterocycles. The van der Waals surface area contributed by atoms with Gasteiger partial charge in [0, 0.05) is 9.35 Å². The lowest BCUT2D eigenvalue weighted by atomic mass is 10.0. The van der Waals surface area contributed by atoms with Crippen molar-refractivity contribution in [3.63, 3.8) is 0 Å². The summed E-state index contributed by atoms with van der Waals surface area (Å²) < 4.78 is 25.6. The third-order valence-corrected chi connectivity index (χ3v) is 3.68. The maximum absolute atomic E-state index is 12.5. The first-order valence-electron chi connectivity index (χ1n) is 3.75.